The number of carbonyl (C=O) groups is 1. The van der Waals surface area contributed by atoms with E-state index in [1.807, 2.05) is 11.4 Å². The third kappa shape index (κ3) is 3.63. The zero-order valence-electron chi connectivity index (χ0n) is 11.6. The van der Waals surface area contributed by atoms with Gasteiger partial charge in [0, 0.05) is 17.8 Å². The van der Waals surface area contributed by atoms with Crippen molar-refractivity contribution in [3.8, 4) is 0 Å². The molecule has 0 atom stereocenters. The molecule has 0 radical (unpaired) electrons. The molecule has 0 saturated heterocycles. The summed E-state index contributed by atoms with van der Waals surface area (Å²) in [5, 5.41) is 16.0. The van der Waals surface area contributed by atoms with Crippen LogP contribution in [0.2, 0.25) is 0 Å². The van der Waals surface area contributed by atoms with Crippen molar-refractivity contribution < 1.29 is 9.72 Å². The van der Waals surface area contributed by atoms with Crippen molar-refractivity contribution in [1.29, 1.82) is 0 Å². The molecule has 3 rings (SSSR count). The Morgan fingerprint density at radius 2 is 2.04 bits per heavy atom. The molecule has 116 valence electrons. The molecule has 7 nitrogen and oxygen atoms in total. The number of thioether (sulfide) groups is 1. The van der Waals surface area contributed by atoms with E-state index < -0.39 is 4.92 Å². The number of fused-ring (bicyclic) bond motifs is 1. The highest BCUT2D eigenvalue weighted by Crippen LogP contribution is 2.28. The van der Waals surface area contributed by atoms with Crippen molar-refractivity contribution in [3.63, 3.8) is 0 Å². The first-order valence-electron chi connectivity index (χ1n) is 6.49. The van der Waals surface area contributed by atoms with Crippen LogP contribution >= 0.6 is 23.1 Å². The fourth-order valence-electron chi connectivity index (χ4n) is 1.87. The van der Waals surface area contributed by atoms with Gasteiger partial charge in [-0.05, 0) is 23.6 Å². The number of benzene rings is 1. The van der Waals surface area contributed by atoms with E-state index in [0.717, 1.165) is 15.2 Å². The molecule has 0 unspecified atom stereocenters. The largest absolute Gasteiger partial charge is 0.325 e. The van der Waals surface area contributed by atoms with Gasteiger partial charge in [0.25, 0.3) is 5.69 Å². The Morgan fingerprint density at radius 3 is 2.78 bits per heavy atom. The number of nitrogens with one attached hydrogen (secondary N) is 1. The molecular weight excluding hydrogens is 336 g/mol. The molecule has 1 aromatic carbocycles. The smallest absolute Gasteiger partial charge is 0.269 e. The lowest BCUT2D eigenvalue weighted by Crippen LogP contribution is -2.14. The summed E-state index contributed by atoms with van der Waals surface area (Å²) in [4.78, 5) is 30.4. The molecule has 0 bridgehead atoms. The van der Waals surface area contributed by atoms with E-state index in [4.69, 9.17) is 0 Å². The third-order valence-electron chi connectivity index (χ3n) is 2.91. The zero-order valence-corrected chi connectivity index (χ0v) is 13.3. The summed E-state index contributed by atoms with van der Waals surface area (Å²) >= 11 is 2.86. The van der Waals surface area contributed by atoms with Crippen LogP contribution in [0.25, 0.3) is 10.2 Å². The van der Waals surface area contributed by atoms with Crippen LogP contribution in [0.4, 0.5) is 11.4 Å². The highest BCUT2D eigenvalue weighted by Gasteiger charge is 2.10. The minimum Gasteiger partial charge on any atom is -0.325 e. The van der Waals surface area contributed by atoms with E-state index in [0.29, 0.717) is 5.69 Å². The molecular formula is C14H10N4O3S2. The fourth-order valence-corrected chi connectivity index (χ4v) is 3.61. The molecule has 9 heteroatoms. The van der Waals surface area contributed by atoms with Gasteiger partial charge in [-0.15, -0.1) is 11.3 Å². The van der Waals surface area contributed by atoms with E-state index >= 15 is 0 Å². The van der Waals surface area contributed by atoms with Crippen molar-refractivity contribution >= 4 is 50.6 Å². The number of anilines is 1. The lowest BCUT2D eigenvalue weighted by atomic mass is 10.3. The number of hydrogen-bond donors (Lipinski definition) is 1. The van der Waals surface area contributed by atoms with Crippen molar-refractivity contribution in [2.24, 2.45) is 0 Å². The predicted molar refractivity (Wildman–Crippen MR) is 89.9 cm³/mol. The number of thiophene rings is 1. The van der Waals surface area contributed by atoms with Gasteiger partial charge < -0.3 is 5.32 Å². The molecule has 0 aliphatic rings. The monoisotopic (exact) mass is 346 g/mol. The van der Waals surface area contributed by atoms with Gasteiger partial charge in [0.15, 0.2) is 0 Å². The summed E-state index contributed by atoms with van der Waals surface area (Å²) in [5.74, 6) is -0.00626. The number of aromatic nitrogens is 2. The molecule has 1 N–H and O–H groups in total. The normalized spacial score (nSPS) is 10.6. The molecule has 0 aliphatic heterocycles. The van der Waals surface area contributed by atoms with Crippen molar-refractivity contribution in [1.82, 2.24) is 9.97 Å². The Labute approximate surface area is 138 Å². The Bertz CT molecular complexity index is 864. The highest BCUT2D eigenvalue weighted by atomic mass is 32.2. The van der Waals surface area contributed by atoms with Crippen molar-refractivity contribution in [2.75, 3.05) is 11.1 Å². The first-order chi connectivity index (χ1) is 11.1. The summed E-state index contributed by atoms with van der Waals surface area (Å²) in [5.41, 5.74) is 1.37. The van der Waals surface area contributed by atoms with Crippen LogP contribution in [-0.4, -0.2) is 26.6 Å². The minimum absolute atomic E-state index is 0.0153. The molecule has 0 saturated carbocycles. The SMILES string of the molecule is O=C(CSc1ncnc2ccsc12)Nc1ccc([N+](=O)[O-])cc1. The lowest BCUT2D eigenvalue weighted by Gasteiger charge is -2.05. The number of nitrogens with zero attached hydrogens (tertiary/aromatic N) is 3. The fraction of sp³-hybridized carbons (Fsp3) is 0.0714. The van der Waals surface area contributed by atoms with Gasteiger partial charge in [-0.1, -0.05) is 11.8 Å². The maximum absolute atomic E-state index is 12.0. The van der Waals surface area contributed by atoms with Gasteiger partial charge in [0.1, 0.15) is 11.4 Å². The maximum Gasteiger partial charge on any atom is 0.269 e. The maximum atomic E-state index is 12.0. The summed E-state index contributed by atoms with van der Waals surface area (Å²) in [6.07, 6.45) is 1.48. The van der Waals surface area contributed by atoms with Gasteiger partial charge in [-0.3, -0.25) is 14.9 Å². The predicted octanol–water partition coefficient (Wildman–Crippen LogP) is 3.33. The van der Waals surface area contributed by atoms with Gasteiger partial charge in [0.2, 0.25) is 5.91 Å². The first-order valence-corrected chi connectivity index (χ1v) is 8.35. The quantitative estimate of drug-likeness (QED) is 0.329. The number of carbonyl (C=O) groups excluding carboxylic acids is 1. The second-order valence-corrected chi connectivity index (χ2v) is 6.33. The van der Waals surface area contributed by atoms with Gasteiger partial charge in [-0.2, -0.15) is 0 Å². The van der Waals surface area contributed by atoms with Crippen LogP contribution in [0.3, 0.4) is 0 Å². The zero-order chi connectivity index (χ0) is 16.2. The molecule has 0 spiro atoms. The average molecular weight is 346 g/mol. The molecule has 2 aromatic heterocycles. The van der Waals surface area contributed by atoms with E-state index in [1.54, 1.807) is 0 Å². The molecule has 2 heterocycles. The molecule has 0 aliphatic carbocycles. The van der Waals surface area contributed by atoms with Crippen LogP contribution < -0.4 is 5.32 Å². The van der Waals surface area contributed by atoms with E-state index in [-0.39, 0.29) is 17.3 Å². The molecule has 3 aromatic rings. The van der Waals surface area contributed by atoms with E-state index in [2.05, 4.69) is 15.3 Å². The number of amides is 1. The summed E-state index contributed by atoms with van der Waals surface area (Å²) < 4.78 is 0.959. The Balaban J connectivity index is 1.61. The highest BCUT2D eigenvalue weighted by molar-refractivity contribution is 8.00. The van der Waals surface area contributed by atoms with Crippen LogP contribution in [0.1, 0.15) is 0 Å². The molecule has 23 heavy (non-hydrogen) atoms. The van der Waals surface area contributed by atoms with Crippen LogP contribution in [0.5, 0.6) is 0 Å². The topological polar surface area (TPSA) is 98.0 Å². The standard InChI is InChI=1S/C14H10N4O3S2/c19-12(17-9-1-3-10(4-2-9)18(20)21)7-23-14-13-11(5-6-22-13)15-8-16-14/h1-6,8H,7H2,(H,17,19). The van der Waals surface area contributed by atoms with Crippen molar-refractivity contribution in [3.05, 3.63) is 52.2 Å². The molecule has 0 fully saturated rings. The Hall–Kier alpha value is -2.52. The second-order valence-electron chi connectivity index (χ2n) is 4.45. The summed E-state index contributed by atoms with van der Waals surface area (Å²) in [7, 11) is 0. The average Bonchev–Trinajstić information content (AvgIpc) is 3.02. The Morgan fingerprint density at radius 1 is 1.26 bits per heavy atom. The third-order valence-corrected chi connectivity index (χ3v) is 4.94. The number of rotatable bonds is 5. The summed E-state index contributed by atoms with van der Waals surface area (Å²) in [6.45, 7) is 0. The van der Waals surface area contributed by atoms with E-state index in [1.165, 1.54) is 53.7 Å². The van der Waals surface area contributed by atoms with E-state index in [9.17, 15) is 14.9 Å². The number of non-ortho nitro benzene ring substituents is 1. The Kier molecular flexibility index (Phi) is 4.49. The van der Waals surface area contributed by atoms with Gasteiger partial charge >= 0.3 is 0 Å². The first kappa shape index (κ1) is 15.4. The summed E-state index contributed by atoms with van der Waals surface area (Å²) in [6, 6.07) is 7.61. The number of nitro groups is 1. The molecule has 1 amide bonds. The number of nitro benzene ring substituents is 1. The van der Waals surface area contributed by atoms with Gasteiger partial charge in [-0.25, -0.2) is 9.97 Å². The van der Waals surface area contributed by atoms with Gasteiger partial charge in [0.05, 0.1) is 20.9 Å². The lowest BCUT2D eigenvalue weighted by molar-refractivity contribution is -0.384. The van der Waals surface area contributed by atoms with Crippen LogP contribution in [0.15, 0.2) is 47.1 Å². The van der Waals surface area contributed by atoms with Crippen LogP contribution in [0, 0.1) is 10.1 Å². The second kappa shape index (κ2) is 6.71. The van der Waals surface area contributed by atoms with Crippen LogP contribution in [-0.2, 0) is 4.79 Å². The van der Waals surface area contributed by atoms with Crippen molar-refractivity contribution in [2.45, 2.75) is 5.03 Å². The number of hydrogen-bond acceptors (Lipinski definition) is 7. The minimum atomic E-state index is -0.483.